The van der Waals surface area contributed by atoms with E-state index in [-0.39, 0.29) is 17.9 Å². The van der Waals surface area contributed by atoms with Crippen molar-refractivity contribution < 1.29 is 9.59 Å². The van der Waals surface area contributed by atoms with Crippen molar-refractivity contribution in [3.8, 4) is 0 Å². The molecular formula is C8H12N2O2. The zero-order valence-corrected chi connectivity index (χ0v) is 6.80. The minimum atomic E-state index is -0.250. The third-order valence-corrected chi connectivity index (χ3v) is 2.63. The topological polar surface area (TPSA) is 58.2 Å². The molecule has 2 atom stereocenters. The Morgan fingerprint density at radius 3 is 2.92 bits per heavy atom. The predicted octanol–water partition coefficient (Wildman–Crippen LogP) is -0.599. The summed E-state index contributed by atoms with van der Waals surface area (Å²) in [5, 5.41) is 5.47. The van der Waals surface area contributed by atoms with Crippen LogP contribution in [-0.4, -0.2) is 24.4 Å². The molecule has 66 valence electrons. The van der Waals surface area contributed by atoms with Gasteiger partial charge in [0.15, 0.2) is 0 Å². The van der Waals surface area contributed by atoms with Gasteiger partial charge in [0, 0.05) is 13.0 Å². The Kier molecular flexibility index (Phi) is 1.75. The molecule has 2 aliphatic rings. The van der Waals surface area contributed by atoms with E-state index in [0.717, 1.165) is 19.4 Å². The van der Waals surface area contributed by atoms with Gasteiger partial charge in [-0.25, -0.2) is 0 Å². The summed E-state index contributed by atoms with van der Waals surface area (Å²) in [6.45, 7) is 0.760. The van der Waals surface area contributed by atoms with Crippen LogP contribution in [0.3, 0.4) is 0 Å². The molecule has 2 N–H and O–H groups in total. The average Bonchev–Trinajstić information content (AvgIpc) is 2.07. The van der Waals surface area contributed by atoms with Gasteiger partial charge < -0.3 is 10.6 Å². The van der Waals surface area contributed by atoms with E-state index in [2.05, 4.69) is 10.6 Å². The van der Waals surface area contributed by atoms with E-state index < -0.39 is 0 Å². The zero-order chi connectivity index (χ0) is 8.55. The van der Waals surface area contributed by atoms with E-state index >= 15 is 0 Å². The number of carbonyl (C=O) groups excluding carboxylic acids is 2. The van der Waals surface area contributed by atoms with Gasteiger partial charge in [-0.05, 0) is 18.8 Å². The van der Waals surface area contributed by atoms with Crippen LogP contribution < -0.4 is 10.6 Å². The molecule has 2 saturated heterocycles. The van der Waals surface area contributed by atoms with Crippen molar-refractivity contribution in [1.82, 2.24) is 10.6 Å². The third-order valence-electron chi connectivity index (χ3n) is 2.63. The fraction of sp³-hybridized carbons (Fsp3) is 0.750. The fourth-order valence-electron chi connectivity index (χ4n) is 1.93. The molecule has 0 aliphatic carbocycles. The lowest BCUT2D eigenvalue weighted by molar-refractivity contribution is -0.134. The summed E-state index contributed by atoms with van der Waals surface area (Å²) >= 11 is 0. The van der Waals surface area contributed by atoms with Crippen LogP contribution in [0.4, 0.5) is 0 Å². The molecular weight excluding hydrogens is 156 g/mol. The maximum absolute atomic E-state index is 11.2. The van der Waals surface area contributed by atoms with E-state index in [4.69, 9.17) is 0 Å². The van der Waals surface area contributed by atoms with Gasteiger partial charge >= 0.3 is 0 Å². The molecule has 0 radical (unpaired) electrons. The molecule has 2 heterocycles. The lowest BCUT2D eigenvalue weighted by atomic mass is 9.85. The number of hydrogen-bond donors (Lipinski definition) is 2. The number of fused-ring (bicyclic) bond motifs is 1. The second-order valence-corrected chi connectivity index (χ2v) is 3.42. The molecule has 0 aromatic heterocycles. The number of piperidine rings is 2. The second kappa shape index (κ2) is 2.77. The Balaban J connectivity index is 2.10. The molecule has 0 spiro atoms. The highest BCUT2D eigenvalue weighted by Crippen LogP contribution is 2.22. The average molecular weight is 168 g/mol. The summed E-state index contributed by atoms with van der Waals surface area (Å²) < 4.78 is 0. The predicted molar refractivity (Wildman–Crippen MR) is 42.3 cm³/mol. The van der Waals surface area contributed by atoms with Crippen molar-refractivity contribution in [3.05, 3.63) is 0 Å². The quantitative estimate of drug-likeness (QED) is 0.507. The van der Waals surface area contributed by atoms with E-state index in [1.54, 1.807) is 0 Å². The van der Waals surface area contributed by atoms with Crippen LogP contribution in [-0.2, 0) is 9.59 Å². The Hall–Kier alpha value is -1.06. The van der Waals surface area contributed by atoms with Crippen molar-refractivity contribution in [2.45, 2.75) is 25.3 Å². The van der Waals surface area contributed by atoms with Gasteiger partial charge in [-0.3, -0.25) is 9.59 Å². The van der Waals surface area contributed by atoms with Gasteiger partial charge in [-0.15, -0.1) is 0 Å². The molecule has 2 amide bonds. The van der Waals surface area contributed by atoms with Crippen LogP contribution in [0.5, 0.6) is 0 Å². The number of carbonyl (C=O) groups is 2. The fourth-order valence-corrected chi connectivity index (χ4v) is 1.93. The zero-order valence-electron chi connectivity index (χ0n) is 6.80. The number of amides is 2. The van der Waals surface area contributed by atoms with E-state index in [1.807, 2.05) is 0 Å². The highest BCUT2D eigenvalue weighted by molar-refractivity contribution is 5.89. The summed E-state index contributed by atoms with van der Waals surface area (Å²) in [7, 11) is 0. The molecule has 4 nitrogen and oxygen atoms in total. The lowest BCUT2D eigenvalue weighted by Crippen LogP contribution is -2.57. The maximum atomic E-state index is 11.2. The molecule has 0 saturated carbocycles. The molecule has 4 heteroatoms. The SMILES string of the molecule is O=C1CC[C@H]2CCNC(=O)[C@H]2N1. The third kappa shape index (κ3) is 1.17. The summed E-state index contributed by atoms with van der Waals surface area (Å²) in [5.41, 5.74) is 0. The number of hydrogen-bond acceptors (Lipinski definition) is 2. The summed E-state index contributed by atoms with van der Waals surface area (Å²) in [4.78, 5) is 22.2. The van der Waals surface area contributed by atoms with E-state index in [9.17, 15) is 9.59 Å². The lowest BCUT2D eigenvalue weighted by Gasteiger charge is -2.34. The largest absolute Gasteiger partial charge is 0.354 e. The first-order valence-electron chi connectivity index (χ1n) is 4.34. The van der Waals surface area contributed by atoms with Gasteiger partial charge in [0.1, 0.15) is 6.04 Å². The van der Waals surface area contributed by atoms with E-state index in [1.165, 1.54) is 0 Å². The van der Waals surface area contributed by atoms with Crippen LogP contribution in [0.2, 0.25) is 0 Å². The first-order valence-corrected chi connectivity index (χ1v) is 4.34. The highest BCUT2D eigenvalue weighted by Gasteiger charge is 2.36. The van der Waals surface area contributed by atoms with Crippen LogP contribution in [0.15, 0.2) is 0 Å². The van der Waals surface area contributed by atoms with Gasteiger partial charge in [-0.1, -0.05) is 0 Å². The molecule has 2 aliphatic heterocycles. The highest BCUT2D eigenvalue weighted by atomic mass is 16.2. The normalized spacial score (nSPS) is 35.0. The first-order chi connectivity index (χ1) is 5.77. The Morgan fingerprint density at radius 2 is 2.08 bits per heavy atom. The molecule has 0 aromatic rings. The van der Waals surface area contributed by atoms with Crippen LogP contribution in [0.1, 0.15) is 19.3 Å². The van der Waals surface area contributed by atoms with Crippen molar-refractivity contribution in [1.29, 1.82) is 0 Å². The Bertz CT molecular complexity index is 227. The van der Waals surface area contributed by atoms with Crippen molar-refractivity contribution in [2.24, 2.45) is 5.92 Å². The maximum Gasteiger partial charge on any atom is 0.242 e. The smallest absolute Gasteiger partial charge is 0.242 e. The number of nitrogens with one attached hydrogen (secondary N) is 2. The minimum Gasteiger partial charge on any atom is -0.354 e. The first kappa shape index (κ1) is 7.58. The van der Waals surface area contributed by atoms with Crippen molar-refractivity contribution in [2.75, 3.05) is 6.54 Å². The van der Waals surface area contributed by atoms with E-state index in [0.29, 0.717) is 12.3 Å². The molecule has 0 unspecified atom stereocenters. The van der Waals surface area contributed by atoms with Gasteiger partial charge in [-0.2, -0.15) is 0 Å². The van der Waals surface area contributed by atoms with Crippen LogP contribution in [0.25, 0.3) is 0 Å². The monoisotopic (exact) mass is 168 g/mol. The standard InChI is InChI=1S/C8H12N2O2/c11-6-2-1-5-3-4-9-8(12)7(5)10-6/h5,7H,1-4H2,(H,9,12)(H,10,11)/t5-,7-/m0/s1. The second-order valence-electron chi connectivity index (χ2n) is 3.42. The van der Waals surface area contributed by atoms with Crippen LogP contribution >= 0.6 is 0 Å². The Labute approximate surface area is 70.7 Å². The molecule has 2 fully saturated rings. The van der Waals surface area contributed by atoms with Gasteiger partial charge in [0.2, 0.25) is 11.8 Å². The minimum absolute atomic E-state index is 0.00769. The van der Waals surface area contributed by atoms with Gasteiger partial charge in [0.25, 0.3) is 0 Å². The Morgan fingerprint density at radius 1 is 1.25 bits per heavy atom. The van der Waals surface area contributed by atoms with Crippen molar-refractivity contribution in [3.63, 3.8) is 0 Å². The molecule has 0 bridgehead atoms. The summed E-state index contributed by atoms with van der Waals surface area (Å²) in [5.74, 6) is 0.365. The van der Waals surface area contributed by atoms with Crippen LogP contribution in [0, 0.1) is 5.92 Å². The van der Waals surface area contributed by atoms with Gasteiger partial charge in [0.05, 0.1) is 0 Å². The van der Waals surface area contributed by atoms with Crippen molar-refractivity contribution >= 4 is 11.8 Å². The molecule has 0 aromatic carbocycles. The summed E-state index contributed by atoms with van der Waals surface area (Å²) in [6.07, 6.45) is 2.44. The summed E-state index contributed by atoms with van der Waals surface area (Å²) in [6, 6.07) is -0.250. The molecule has 2 rings (SSSR count). The molecule has 12 heavy (non-hydrogen) atoms. The number of rotatable bonds is 0.